The van der Waals surface area contributed by atoms with Crippen molar-refractivity contribution in [1.82, 2.24) is 0 Å². The van der Waals surface area contributed by atoms with E-state index in [9.17, 15) is 15.0 Å². The first kappa shape index (κ1) is 26.2. The van der Waals surface area contributed by atoms with Crippen molar-refractivity contribution in [2.75, 3.05) is 20.3 Å². The lowest BCUT2D eigenvalue weighted by Crippen LogP contribution is -2.40. The third-order valence-corrected chi connectivity index (χ3v) is 7.47. The van der Waals surface area contributed by atoms with Gasteiger partial charge in [0.2, 0.25) is 0 Å². The zero-order chi connectivity index (χ0) is 27.4. The van der Waals surface area contributed by atoms with E-state index in [2.05, 4.69) is 29.9 Å². The Morgan fingerprint density at radius 1 is 0.974 bits per heavy atom. The Morgan fingerprint density at radius 3 is 2.44 bits per heavy atom. The Bertz CT molecular complexity index is 1440. The van der Waals surface area contributed by atoms with Crippen LogP contribution in [0.15, 0.2) is 91.0 Å². The zero-order valence-corrected chi connectivity index (χ0v) is 22.1. The van der Waals surface area contributed by atoms with Crippen molar-refractivity contribution < 1.29 is 29.2 Å². The van der Waals surface area contributed by atoms with E-state index in [1.807, 2.05) is 48.5 Å². The van der Waals surface area contributed by atoms with Gasteiger partial charge in [0.1, 0.15) is 23.0 Å². The molecule has 1 aliphatic heterocycles. The average molecular weight is 525 g/mol. The minimum atomic E-state index is -0.417. The molecule has 0 aromatic heterocycles. The third kappa shape index (κ3) is 5.41. The zero-order valence-electron chi connectivity index (χ0n) is 22.1. The fraction of sp³-hybridized carbons (Fsp3) is 0.242. The number of esters is 1. The van der Waals surface area contributed by atoms with Crippen LogP contribution < -0.4 is 9.47 Å². The van der Waals surface area contributed by atoms with Crippen LogP contribution in [0.1, 0.15) is 42.4 Å². The molecule has 2 N–H and O–H groups in total. The molecule has 200 valence electrons. The smallest absolute Gasteiger partial charge is 0.305 e. The highest BCUT2D eigenvalue weighted by molar-refractivity contribution is 5.72. The van der Waals surface area contributed by atoms with Gasteiger partial charge in [-0.1, -0.05) is 61.5 Å². The van der Waals surface area contributed by atoms with E-state index in [1.54, 1.807) is 24.3 Å². The van der Waals surface area contributed by atoms with Gasteiger partial charge in [-0.2, -0.15) is 0 Å². The number of phenols is 2. The monoisotopic (exact) mass is 524 g/mol. The number of benzene rings is 4. The topological polar surface area (TPSA) is 85.2 Å². The first-order valence-electron chi connectivity index (χ1n) is 13.0. The summed E-state index contributed by atoms with van der Waals surface area (Å²) in [4.78, 5) is 11.3. The Kier molecular flexibility index (Phi) is 7.46. The van der Waals surface area contributed by atoms with Crippen LogP contribution in [0.5, 0.6) is 23.0 Å². The van der Waals surface area contributed by atoms with Crippen LogP contribution in [0.3, 0.4) is 0 Å². The van der Waals surface area contributed by atoms with E-state index in [0.717, 1.165) is 39.3 Å². The van der Waals surface area contributed by atoms with Crippen LogP contribution in [0, 0.1) is 0 Å². The maximum atomic E-state index is 11.3. The maximum Gasteiger partial charge on any atom is 0.305 e. The number of ether oxygens (including phenoxy) is 3. The fourth-order valence-electron chi connectivity index (χ4n) is 5.34. The number of phenolic OH excluding ortho intramolecular Hbond substituents is 2. The van der Waals surface area contributed by atoms with Crippen molar-refractivity contribution >= 4 is 5.97 Å². The summed E-state index contributed by atoms with van der Waals surface area (Å²) in [5, 5.41) is 20.3. The molecule has 5 rings (SSSR count). The molecule has 0 amide bonds. The van der Waals surface area contributed by atoms with Crippen molar-refractivity contribution in [1.29, 1.82) is 0 Å². The minimum Gasteiger partial charge on any atom is -0.508 e. The van der Waals surface area contributed by atoms with Crippen LogP contribution in [-0.4, -0.2) is 36.5 Å². The molecule has 1 aliphatic rings. The van der Waals surface area contributed by atoms with E-state index in [-0.39, 0.29) is 23.4 Å². The van der Waals surface area contributed by atoms with Crippen LogP contribution in [-0.2, 0) is 14.9 Å². The van der Waals surface area contributed by atoms with E-state index >= 15 is 0 Å². The SMILES string of the molecule is COC(=O)CCCOc1ccc(C2c3ccc(-c4ccccc4O)cc3OCC2(C)c2ccc(O)cc2)cc1. The highest BCUT2D eigenvalue weighted by atomic mass is 16.5. The predicted octanol–water partition coefficient (Wildman–Crippen LogP) is 6.58. The van der Waals surface area contributed by atoms with Gasteiger partial charge in [0.05, 0.1) is 20.3 Å². The second-order valence-corrected chi connectivity index (χ2v) is 10.1. The van der Waals surface area contributed by atoms with Crippen molar-refractivity contribution in [3.63, 3.8) is 0 Å². The molecule has 0 saturated heterocycles. The second kappa shape index (κ2) is 11.1. The molecule has 0 fully saturated rings. The van der Waals surface area contributed by atoms with Gasteiger partial charge in [-0.3, -0.25) is 4.79 Å². The summed E-state index contributed by atoms with van der Waals surface area (Å²) in [6, 6.07) is 28.7. The number of rotatable bonds is 8. The molecule has 2 unspecified atom stereocenters. The molecule has 1 heterocycles. The lowest BCUT2D eigenvalue weighted by atomic mass is 9.65. The molecule has 0 spiro atoms. The van der Waals surface area contributed by atoms with Gasteiger partial charge in [-0.05, 0) is 59.5 Å². The summed E-state index contributed by atoms with van der Waals surface area (Å²) in [6.07, 6.45) is 0.904. The van der Waals surface area contributed by atoms with Crippen molar-refractivity contribution in [3.05, 3.63) is 108 Å². The Morgan fingerprint density at radius 2 is 1.72 bits per heavy atom. The molecule has 6 heteroatoms. The molecule has 39 heavy (non-hydrogen) atoms. The molecule has 0 radical (unpaired) electrons. The standard InChI is InChI=1S/C33H32O6/c1-33(24-12-14-25(34)15-13-24)21-39-30-20-23(27-6-3-4-7-29(27)35)11-18-28(30)32(33)22-9-16-26(17-10-22)38-19-5-8-31(36)37-2/h3-4,6-7,9-18,20,32,34-35H,5,8,19,21H2,1-2H3. The molecule has 2 atom stereocenters. The molecule has 4 aromatic carbocycles. The molecule has 6 nitrogen and oxygen atoms in total. The first-order chi connectivity index (χ1) is 18.9. The average Bonchev–Trinajstić information content (AvgIpc) is 2.96. The second-order valence-electron chi connectivity index (χ2n) is 10.1. The summed E-state index contributed by atoms with van der Waals surface area (Å²) in [5.74, 6) is 1.67. The summed E-state index contributed by atoms with van der Waals surface area (Å²) >= 11 is 0. The summed E-state index contributed by atoms with van der Waals surface area (Å²) in [5.41, 5.74) is 4.43. The summed E-state index contributed by atoms with van der Waals surface area (Å²) < 4.78 is 16.9. The van der Waals surface area contributed by atoms with Gasteiger partial charge in [-0.15, -0.1) is 0 Å². The Balaban J connectivity index is 1.49. The Labute approximate surface area is 228 Å². The summed E-state index contributed by atoms with van der Waals surface area (Å²) in [6.45, 7) is 3.04. The molecule has 0 saturated carbocycles. The number of carbonyl (C=O) groups excluding carboxylic acids is 1. The summed E-state index contributed by atoms with van der Waals surface area (Å²) in [7, 11) is 1.38. The third-order valence-electron chi connectivity index (χ3n) is 7.47. The minimum absolute atomic E-state index is 0.0439. The van der Waals surface area contributed by atoms with E-state index in [4.69, 9.17) is 9.47 Å². The number of aromatic hydroxyl groups is 2. The van der Waals surface area contributed by atoms with E-state index in [0.29, 0.717) is 26.1 Å². The highest BCUT2D eigenvalue weighted by Crippen LogP contribution is 2.51. The van der Waals surface area contributed by atoms with Gasteiger partial charge in [0.15, 0.2) is 0 Å². The molecular formula is C33H32O6. The fourth-order valence-corrected chi connectivity index (χ4v) is 5.34. The van der Waals surface area contributed by atoms with Gasteiger partial charge in [0, 0.05) is 28.9 Å². The highest BCUT2D eigenvalue weighted by Gasteiger charge is 2.43. The molecule has 4 aromatic rings. The maximum absolute atomic E-state index is 11.3. The lowest BCUT2D eigenvalue weighted by molar-refractivity contribution is -0.140. The van der Waals surface area contributed by atoms with Crippen molar-refractivity contribution in [2.45, 2.75) is 31.1 Å². The van der Waals surface area contributed by atoms with Crippen LogP contribution >= 0.6 is 0 Å². The quantitative estimate of drug-likeness (QED) is 0.200. The molecule has 0 aliphatic carbocycles. The Hall–Kier alpha value is -4.45. The van der Waals surface area contributed by atoms with Crippen molar-refractivity contribution in [3.8, 4) is 34.1 Å². The normalized spacial score (nSPS) is 18.1. The number of para-hydroxylation sites is 1. The van der Waals surface area contributed by atoms with Crippen LogP contribution in [0.25, 0.3) is 11.1 Å². The largest absolute Gasteiger partial charge is 0.508 e. The molecular weight excluding hydrogens is 492 g/mol. The lowest BCUT2D eigenvalue weighted by Gasteiger charge is -2.43. The number of carbonyl (C=O) groups is 1. The first-order valence-corrected chi connectivity index (χ1v) is 13.0. The predicted molar refractivity (Wildman–Crippen MR) is 150 cm³/mol. The number of methoxy groups -OCH3 is 1. The van der Waals surface area contributed by atoms with Crippen LogP contribution in [0.2, 0.25) is 0 Å². The van der Waals surface area contributed by atoms with Gasteiger partial charge in [0.25, 0.3) is 0 Å². The van der Waals surface area contributed by atoms with Crippen molar-refractivity contribution in [2.24, 2.45) is 0 Å². The van der Waals surface area contributed by atoms with E-state index in [1.165, 1.54) is 7.11 Å². The van der Waals surface area contributed by atoms with Crippen LogP contribution in [0.4, 0.5) is 0 Å². The van der Waals surface area contributed by atoms with Gasteiger partial charge < -0.3 is 24.4 Å². The number of fused-ring (bicyclic) bond motifs is 1. The number of hydrogen-bond donors (Lipinski definition) is 2. The molecule has 0 bridgehead atoms. The number of hydrogen-bond acceptors (Lipinski definition) is 6. The van der Waals surface area contributed by atoms with Gasteiger partial charge >= 0.3 is 5.97 Å². The van der Waals surface area contributed by atoms with Gasteiger partial charge in [-0.25, -0.2) is 0 Å². The van der Waals surface area contributed by atoms with E-state index < -0.39 is 5.41 Å².